The maximum atomic E-state index is 5.61. The Hall–Kier alpha value is -1.55. The van der Waals surface area contributed by atoms with Crippen LogP contribution in [-0.4, -0.2) is 11.6 Å². The summed E-state index contributed by atoms with van der Waals surface area (Å²) >= 11 is 1.77. The van der Waals surface area contributed by atoms with Crippen molar-refractivity contribution in [3.63, 3.8) is 0 Å². The van der Waals surface area contributed by atoms with Gasteiger partial charge < -0.3 is 10.1 Å². The van der Waals surface area contributed by atoms with Crippen LogP contribution in [-0.2, 0) is 0 Å². The largest absolute Gasteiger partial charge is 0.490 e. The molecule has 2 heterocycles. The number of thiophene rings is 1. The quantitative estimate of drug-likeness (QED) is 0.851. The molecule has 1 atom stereocenters. The van der Waals surface area contributed by atoms with Crippen molar-refractivity contribution in [3.8, 4) is 5.75 Å². The lowest BCUT2D eigenvalue weighted by molar-refractivity contribution is 0.340. The lowest BCUT2D eigenvalue weighted by atomic mass is 10.0. The van der Waals surface area contributed by atoms with Crippen LogP contribution in [0.5, 0.6) is 5.75 Å². The molecule has 2 aromatic rings. The molecule has 4 heteroatoms. The maximum absolute atomic E-state index is 5.61. The smallest absolute Gasteiger partial charge is 0.169 e. The number of anilines is 1. The van der Waals surface area contributed by atoms with Gasteiger partial charge in [0.2, 0.25) is 0 Å². The van der Waals surface area contributed by atoms with E-state index in [4.69, 9.17) is 4.74 Å². The van der Waals surface area contributed by atoms with Crippen molar-refractivity contribution in [1.29, 1.82) is 0 Å². The topological polar surface area (TPSA) is 34.1 Å². The molecule has 1 unspecified atom stereocenters. The Morgan fingerprint density at radius 2 is 2.16 bits per heavy atom. The zero-order chi connectivity index (χ0) is 13.7. The summed E-state index contributed by atoms with van der Waals surface area (Å²) in [6.45, 7) is 7.04. The Kier molecular flexibility index (Phi) is 4.80. The van der Waals surface area contributed by atoms with Crippen LogP contribution in [0.15, 0.2) is 35.8 Å². The van der Waals surface area contributed by atoms with Gasteiger partial charge in [0, 0.05) is 11.1 Å². The third-order valence-corrected chi connectivity index (χ3v) is 3.83. The van der Waals surface area contributed by atoms with Gasteiger partial charge in [-0.1, -0.05) is 19.9 Å². The number of hydrogen-bond donors (Lipinski definition) is 1. The van der Waals surface area contributed by atoms with Crippen LogP contribution < -0.4 is 10.1 Å². The van der Waals surface area contributed by atoms with Gasteiger partial charge in [-0.15, -0.1) is 11.3 Å². The fourth-order valence-corrected chi connectivity index (χ4v) is 2.90. The summed E-state index contributed by atoms with van der Waals surface area (Å²) in [5.41, 5.74) is 0. The highest BCUT2D eigenvalue weighted by Gasteiger charge is 2.18. The van der Waals surface area contributed by atoms with Gasteiger partial charge in [-0.25, -0.2) is 4.98 Å². The van der Waals surface area contributed by atoms with E-state index in [2.05, 4.69) is 41.7 Å². The van der Waals surface area contributed by atoms with Crippen molar-refractivity contribution in [2.45, 2.75) is 26.8 Å². The lowest BCUT2D eigenvalue weighted by Gasteiger charge is -2.23. The minimum Gasteiger partial charge on any atom is -0.490 e. The zero-order valence-corrected chi connectivity index (χ0v) is 12.4. The third-order valence-electron chi connectivity index (χ3n) is 2.88. The monoisotopic (exact) mass is 276 g/mol. The first-order valence-corrected chi connectivity index (χ1v) is 7.48. The van der Waals surface area contributed by atoms with E-state index in [1.807, 2.05) is 19.1 Å². The van der Waals surface area contributed by atoms with Crippen LogP contribution in [0.4, 0.5) is 5.82 Å². The fourth-order valence-electron chi connectivity index (χ4n) is 1.95. The van der Waals surface area contributed by atoms with Crippen molar-refractivity contribution in [2.24, 2.45) is 5.92 Å². The molecule has 0 aromatic carbocycles. The van der Waals surface area contributed by atoms with E-state index in [0.29, 0.717) is 12.5 Å². The Bertz CT molecular complexity index is 497. The molecule has 3 nitrogen and oxygen atoms in total. The number of hydrogen-bond acceptors (Lipinski definition) is 4. The second-order valence-corrected chi connectivity index (χ2v) is 5.64. The van der Waals surface area contributed by atoms with Gasteiger partial charge in [-0.05, 0) is 36.4 Å². The molecule has 19 heavy (non-hydrogen) atoms. The minimum absolute atomic E-state index is 0.258. The highest BCUT2D eigenvalue weighted by molar-refractivity contribution is 7.10. The van der Waals surface area contributed by atoms with Crippen LogP contribution in [0.3, 0.4) is 0 Å². The summed E-state index contributed by atoms with van der Waals surface area (Å²) in [4.78, 5) is 5.72. The highest BCUT2D eigenvalue weighted by atomic mass is 32.1. The van der Waals surface area contributed by atoms with E-state index in [1.54, 1.807) is 17.5 Å². The van der Waals surface area contributed by atoms with Gasteiger partial charge >= 0.3 is 0 Å². The van der Waals surface area contributed by atoms with Crippen molar-refractivity contribution < 1.29 is 4.74 Å². The van der Waals surface area contributed by atoms with Crippen molar-refractivity contribution in [3.05, 3.63) is 40.7 Å². The number of aromatic nitrogens is 1. The van der Waals surface area contributed by atoms with Gasteiger partial charge in [-0.3, -0.25) is 0 Å². The van der Waals surface area contributed by atoms with Crippen LogP contribution in [0.25, 0.3) is 0 Å². The highest BCUT2D eigenvalue weighted by Crippen LogP contribution is 2.32. The third kappa shape index (κ3) is 3.47. The summed E-state index contributed by atoms with van der Waals surface area (Å²) in [6, 6.07) is 8.34. The van der Waals surface area contributed by atoms with Gasteiger partial charge in [0.05, 0.1) is 12.6 Å². The van der Waals surface area contributed by atoms with Crippen molar-refractivity contribution in [1.82, 2.24) is 4.98 Å². The van der Waals surface area contributed by atoms with E-state index in [-0.39, 0.29) is 6.04 Å². The SMILES string of the molecule is CCOc1cccnc1NC(c1cccs1)C(C)C. The molecule has 0 fully saturated rings. The summed E-state index contributed by atoms with van der Waals surface area (Å²) in [5.74, 6) is 2.11. The first-order chi connectivity index (χ1) is 9.22. The Labute approximate surface area is 118 Å². The average Bonchev–Trinajstić information content (AvgIpc) is 2.91. The number of rotatable bonds is 6. The number of ether oxygens (including phenoxy) is 1. The lowest BCUT2D eigenvalue weighted by Crippen LogP contribution is -2.17. The van der Waals surface area contributed by atoms with Gasteiger partial charge in [0.15, 0.2) is 11.6 Å². The molecule has 2 aromatic heterocycles. The number of nitrogens with one attached hydrogen (secondary N) is 1. The molecule has 0 aliphatic heterocycles. The van der Waals surface area contributed by atoms with Crippen LogP contribution >= 0.6 is 11.3 Å². The van der Waals surface area contributed by atoms with Crippen LogP contribution in [0.1, 0.15) is 31.7 Å². The molecule has 0 amide bonds. The average molecular weight is 276 g/mol. The van der Waals surface area contributed by atoms with Gasteiger partial charge in [-0.2, -0.15) is 0 Å². The molecule has 0 bridgehead atoms. The number of pyridine rings is 1. The van der Waals surface area contributed by atoms with Crippen LogP contribution in [0, 0.1) is 5.92 Å². The Morgan fingerprint density at radius 3 is 2.79 bits per heavy atom. The molecule has 1 N–H and O–H groups in total. The summed E-state index contributed by atoms with van der Waals surface area (Å²) in [6.07, 6.45) is 1.79. The first-order valence-electron chi connectivity index (χ1n) is 6.60. The van der Waals surface area contributed by atoms with E-state index in [1.165, 1.54) is 4.88 Å². The Balaban J connectivity index is 2.22. The van der Waals surface area contributed by atoms with E-state index in [9.17, 15) is 0 Å². The first kappa shape index (κ1) is 13.9. The fraction of sp³-hybridized carbons (Fsp3) is 0.400. The zero-order valence-electron chi connectivity index (χ0n) is 11.6. The summed E-state index contributed by atoms with van der Waals surface area (Å²) in [7, 11) is 0. The maximum Gasteiger partial charge on any atom is 0.169 e. The molecular formula is C15H20N2OS. The summed E-state index contributed by atoms with van der Waals surface area (Å²) in [5, 5.41) is 5.61. The molecule has 0 radical (unpaired) electrons. The van der Waals surface area contributed by atoms with E-state index >= 15 is 0 Å². The predicted octanol–water partition coefficient (Wildman–Crippen LogP) is 4.35. The van der Waals surface area contributed by atoms with Crippen molar-refractivity contribution in [2.75, 3.05) is 11.9 Å². The Morgan fingerprint density at radius 1 is 1.32 bits per heavy atom. The molecule has 0 aliphatic carbocycles. The molecule has 0 saturated heterocycles. The molecule has 2 rings (SSSR count). The van der Waals surface area contributed by atoms with Gasteiger partial charge in [0.25, 0.3) is 0 Å². The second-order valence-electron chi connectivity index (χ2n) is 4.66. The molecule has 0 spiro atoms. The number of nitrogens with zero attached hydrogens (tertiary/aromatic N) is 1. The van der Waals surface area contributed by atoms with Crippen molar-refractivity contribution >= 4 is 17.2 Å². The minimum atomic E-state index is 0.258. The van der Waals surface area contributed by atoms with E-state index in [0.717, 1.165) is 11.6 Å². The molecule has 0 aliphatic rings. The predicted molar refractivity (Wildman–Crippen MR) is 80.9 cm³/mol. The van der Waals surface area contributed by atoms with E-state index < -0.39 is 0 Å². The summed E-state index contributed by atoms with van der Waals surface area (Å²) < 4.78 is 5.61. The van der Waals surface area contributed by atoms with Gasteiger partial charge in [0.1, 0.15) is 0 Å². The second kappa shape index (κ2) is 6.57. The standard InChI is InChI=1S/C15H20N2OS/c1-4-18-12-7-5-9-16-15(12)17-14(11(2)3)13-8-6-10-19-13/h5-11,14H,4H2,1-3H3,(H,16,17). The van der Waals surface area contributed by atoms with Crippen LogP contribution in [0.2, 0.25) is 0 Å². The molecule has 0 saturated carbocycles. The molecule has 102 valence electrons. The normalized spacial score (nSPS) is 12.4. The molecular weight excluding hydrogens is 256 g/mol.